The third-order valence-corrected chi connectivity index (χ3v) is 3.64. The number of ether oxygens (including phenoxy) is 1. The molecule has 1 unspecified atom stereocenters. The average molecular weight is 240 g/mol. The van der Waals surface area contributed by atoms with Crippen molar-refractivity contribution in [1.82, 2.24) is 10.2 Å². The number of nitrogens with zero attached hydrogens (tertiary/aromatic N) is 1. The molecule has 0 aromatic heterocycles. The van der Waals surface area contributed by atoms with Crippen LogP contribution in [0.5, 0.6) is 0 Å². The smallest absolute Gasteiger partial charge is 0.239 e. The maximum absolute atomic E-state index is 12.4. The van der Waals surface area contributed by atoms with Crippen LogP contribution in [0.4, 0.5) is 0 Å². The van der Waals surface area contributed by atoms with Crippen LogP contribution in [0, 0.1) is 0 Å². The first-order valence-corrected chi connectivity index (χ1v) is 6.82. The Bertz CT molecular complexity index is 262. The summed E-state index contributed by atoms with van der Waals surface area (Å²) < 4.78 is 5.36. The van der Waals surface area contributed by atoms with Gasteiger partial charge in [0.25, 0.3) is 0 Å². The minimum atomic E-state index is 0.0339. The summed E-state index contributed by atoms with van der Waals surface area (Å²) in [5, 5.41) is 3.38. The van der Waals surface area contributed by atoms with Crippen LogP contribution in [0.25, 0.3) is 0 Å². The van der Waals surface area contributed by atoms with E-state index in [9.17, 15) is 4.79 Å². The summed E-state index contributed by atoms with van der Waals surface area (Å²) in [4.78, 5) is 14.5. The molecule has 0 aliphatic carbocycles. The van der Waals surface area contributed by atoms with Gasteiger partial charge in [-0.15, -0.1) is 0 Å². The molecule has 17 heavy (non-hydrogen) atoms. The number of carbonyl (C=O) groups is 1. The van der Waals surface area contributed by atoms with Crippen LogP contribution in [-0.2, 0) is 9.53 Å². The molecule has 0 bridgehead atoms. The van der Waals surface area contributed by atoms with E-state index in [-0.39, 0.29) is 6.04 Å². The van der Waals surface area contributed by atoms with Crippen molar-refractivity contribution in [2.75, 3.05) is 19.8 Å². The lowest BCUT2D eigenvalue weighted by molar-refractivity contribution is -0.140. The van der Waals surface area contributed by atoms with E-state index in [1.54, 1.807) is 0 Å². The summed E-state index contributed by atoms with van der Waals surface area (Å²) in [5.41, 5.74) is 0. The SMILES string of the molecule is CC(C)NC1CCCN(C2CCOCC2)C1=O. The van der Waals surface area contributed by atoms with Crippen LogP contribution in [0.3, 0.4) is 0 Å². The fourth-order valence-electron chi connectivity index (χ4n) is 2.82. The second-order valence-electron chi connectivity index (χ2n) is 5.39. The van der Waals surface area contributed by atoms with Gasteiger partial charge in [0.2, 0.25) is 5.91 Å². The highest BCUT2D eigenvalue weighted by Crippen LogP contribution is 2.21. The Morgan fingerprint density at radius 1 is 1.29 bits per heavy atom. The van der Waals surface area contributed by atoms with E-state index in [0.717, 1.165) is 45.4 Å². The molecule has 2 fully saturated rings. The second kappa shape index (κ2) is 5.83. The molecule has 1 N–H and O–H groups in total. The molecule has 2 saturated heterocycles. The first kappa shape index (κ1) is 12.8. The predicted molar refractivity (Wildman–Crippen MR) is 66.8 cm³/mol. The molecule has 0 spiro atoms. The van der Waals surface area contributed by atoms with E-state index in [2.05, 4.69) is 24.1 Å². The number of likely N-dealkylation sites (tertiary alicyclic amines) is 1. The van der Waals surface area contributed by atoms with Crippen molar-refractivity contribution < 1.29 is 9.53 Å². The van der Waals surface area contributed by atoms with Gasteiger partial charge < -0.3 is 15.0 Å². The predicted octanol–water partition coefficient (Wildman–Crippen LogP) is 1.15. The lowest BCUT2D eigenvalue weighted by Gasteiger charge is -2.40. The lowest BCUT2D eigenvalue weighted by atomic mass is 9.98. The fraction of sp³-hybridized carbons (Fsp3) is 0.923. The molecule has 98 valence electrons. The van der Waals surface area contributed by atoms with Gasteiger partial charge in [-0.1, -0.05) is 13.8 Å². The molecular formula is C13H24N2O2. The topological polar surface area (TPSA) is 41.6 Å². The highest BCUT2D eigenvalue weighted by Gasteiger charge is 2.33. The zero-order valence-electron chi connectivity index (χ0n) is 10.9. The Morgan fingerprint density at radius 2 is 2.00 bits per heavy atom. The molecule has 2 rings (SSSR count). The van der Waals surface area contributed by atoms with Crippen molar-refractivity contribution in [3.8, 4) is 0 Å². The van der Waals surface area contributed by atoms with Gasteiger partial charge in [0.05, 0.1) is 6.04 Å². The number of rotatable bonds is 3. The van der Waals surface area contributed by atoms with Crippen molar-refractivity contribution in [3.63, 3.8) is 0 Å². The number of hydrogen-bond acceptors (Lipinski definition) is 3. The summed E-state index contributed by atoms with van der Waals surface area (Å²) in [7, 11) is 0. The van der Waals surface area contributed by atoms with Crippen LogP contribution in [-0.4, -0.2) is 48.7 Å². The van der Waals surface area contributed by atoms with Crippen LogP contribution in [0.15, 0.2) is 0 Å². The van der Waals surface area contributed by atoms with Gasteiger partial charge in [-0.05, 0) is 25.7 Å². The molecule has 4 heteroatoms. The molecular weight excluding hydrogens is 216 g/mol. The number of hydrogen-bond donors (Lipinski definition) is 1. The molecule has 4 nitrogen and oxygen atoms in total. The second-order valence-corrected chi connectivity index (χ2v) is 5.39. The third-order valence-electron chi connectivity index (χ3n) is 3.64. The van der Waals surface area contributed by atoms with Gasteiger partial charge in [-0.3, -0.25) is 4.79 Å². The number of amides is 1. The minimum Gasteiger partial charge on any atom is -0.381 e. The van der Waals surface area contributed by atoms with Crippen LogP contribution in [0.2, 0.25) is 0 Å². The molecule has 2 aliphatic heterocycles. The standard InChI is InChI=1S/C13H24N2O2/c1-10(2)14-12-4-3-7-15(13(12)16)11-5-8-17-9-6-11/h10-12,14H,3-9H2,1-2H3. The normalized spacial score (nSPS) is 27.8. The largest absolute Gasteiger partial charge is 0.381 e. The maximum atomic E-state index is 12.4. The van der Waals surface area contributed by atoms with E-state index >= 15 is 0 Å². The highest BCUT2D eigenvalue weighted by atomic mass is 16.5. The van der Waals surface area contributed by atoms with Crippen molar-refractivity contribution in [1.29, 1.82) is 0 Å². The Hall–Kier alpha value is -0.610. The summed E-state index contributed by atoms with van der Waals surface area (Å²) in [6.45, 7) is 6.73. The Kier molecular flexibility index (Phi) is 4.40. The van der Waals surface area contributed by atoms with Gasteiger partial charge in [-0.2, -0.15) is 0 Å². The summed E-state index contributed by atoms with van der Waals surface area (Å²) >= 11 is 0. The van der Waals surface area contributed by atoms with Gasteiger partial charge in [0.1, 0.15) is 0 Å². The molecule has 0 aromatic rings. The number of piperidine rings is 1. The molecule has 0 aromatic carbocycles. The summed E-state index contributed by atoms with van der Waals surface area (Å²) in [6.07, 6.45) is 4.10. The van der Waals surface area contributed by atoms with Gasteiger partial charge >= 0.3 is 0 Å². The molecule has 2 aliphatic rings. The molecule has 1 amide bonds. The van der Waals surface area contributed by atoms with Crippen molar-refractivity contribution in [2.45, 2.75) is 57.7 Å². The zero-order valence-corrected chi connectivity index (χ0v) is 10.9. The first-order valence-electron chi connectivity index (χ1n) is 6.82. The summed E-state index contributed by atoms with van der Waals surface area (Å²) in [6, 6.07) is 0.818. The monoisotopic (exact) mass is 240 g/mol. The molecule has 0 radical (unpaired) electrons. The van der Waals surface area contributed by atoms with Crippen molar-refractivity contribution in [2.24, 2.45) is 0 Å². The van der Waals surface area contributed by atoms with E-state index in [4.69, 9.17) is 4.74 Å². The fourth-order valence-corrected chi connectivity index (χ4v) is 2.82. The van der Waals surface area contributed by atoms with Crippen LogP contribution < -0.4 is 5.32 Å². The van der Waals surface area contributed by atoms with Crippen LogP contribution >= 0.6 is 0 Å². The zero-order chi connectivity index (χ0) is 12.3. The van der Waals surface area contributed by atoms with Gasteiger partial charge in [0.15, 0.2) is 0 Å². The highest BCUT2D eigenvalue weighted by molar-refractivity contribution is 5.83. The number of nitrogens with one attached hydrogen (secondary N) is 1. The van der Waals surface area contributed by atoms with Crippen LogP contribution in [0.1, 0.15) is 39.5 Å². The van der Waals surface area contributed by atoms with Crippen molar-refractivity contribution >= 4 is 5.91 Å². The van der Waals surface area contributed by atoms with Gasteiger partial charge in [-0.25, -0.2) is 0 Å². The Morgan fingerprint density at radius 3 is 2.65 bits per heavy atom. The van der Waals surface area contributed by atoms with E-state index in [1.165, 1.54) is 0 Å². The molecule has 1 atom stereocenters. The van der Waals surface area contributed by atoms with E-state index < -0.39 is 0 Å². The lowest BCUT2D eigenvalue weighted by Crippen LogP contribution is -2.56. The average Bonchev–Trinajstić information content (AvgIpc) is 2.32. The Labute approximate surface area is 104 Å². The van der Waals surface area contributed by atoms with E-state index in [1.807, 2.05) is 0 Å². The minimum absolute atomic E-state index is 0.0339. The first-order chi connectivity index (χ1) is 8.18. The number of carbonyl (C=O) groups excluding carboxylic acids is 1. The van der Waals surface area contributed by atoms with E-state index in [0.29, 0.717) is 18.0 Å². The third kappa shape index (κ3) is 3.19. The quantitative estimate of drug-likeness (QED) is 0.804. The summed E-state index contributed by atoms with van der Waals surface area (Å²) in [5.74, 6) is 0.303. The van der Waals surface area contributed by atoms with Crippen molar-refractivity contribution in [3.05, 3.63) is 0 Å². The molecule has 2 heterocycles. The van der Waals surface area contributed by atoms with Gasteiger partial charge in [0, 0.05) is 31.8 Å². The molecule has 0 saturated carbocycles. The maximum Gasteiger partial charge on any atom is 0.239 e. The Balaban J connectivity index is 1.95.